The molecule has 0 bridgehead atoms. The Morgan fingerprint density at radius 1 is 0.821 bits per heavy atom. The van der Waals surface area contributed by atoms with Crippen molar-refractivity contribution in [1.29, 1.82) is 5.26 Å². The largest absolute Gasteiger partial charge is 0.312 e. The fourth-order valence-corrected chi connectivity index (χ4v) is 4.49. The number of nitriles is 1. The molecule has 0 aliphatic rings. The highest BCUT2D eigenvalue weighted by Crippen LogP contribution is 2.40. The third kappa shape index (κ3) is 5.53. The van der Waals surface area contributed by atoms with E-state index >= 15 is 0 Å². The summed E-state index contributed by atoms with van der Waals surface area (Å²) in [7, 11) is 0. The number of hydrogen-bond donors (Lipinski definition) is 1. The first kappa shape index (κ1) is 19.8. The zero-order valence-electron chi connectivity index (χ0n) is 15.3. The number of benzene rings is 3. The second-order valence-corrected chi connectivity index (χ2v) is 8.35. The van der Waals surface area contributed by atoms with E-state index in [2.05, 4.69) is 11.4 Å². The summed E-state index contributed by atoms with van der Waals surface area (Å²) in [4.78, 5) is 14.6. The Morgan fingerprint density at radius 3 is 1.79 bits per heavy atom. The maximum atomic E-state index is 12.6. The summed E-state index contributed by atoms with van der Waals surface area (Å²) in [5, 5.41) is 12.5. The summed E-state index contributed by atoms with van der Waals surface area (Å²) in [6, 6.07) is 29.0. The molecular formula is C23H18N2OS2. The minimum absolute atomic E-state index is 0.244. The first-order chi connectivity index (χ1) is 13.7. The van der Waals surface area contributed by atoms with Gasteiger partial charge in [0.15, 0.2) is 0 Å². The lowest BCUT2D eigenvalue weighted by molar-refractivity contribution is 0.0967. The molecule has 3 nitrogen and oxygen atoms in total. The van der Waals surface area contributed by atoms with Crippen LogP contribution in [-0.4, -0.2) is 5.91 Å². The third-order valence-electron chi connectivity index (χ3n) is 3.78. The summed E-state index contributed by atoms with van der Waals surface area (Å²) in [6.07, 6.45) is 0. The van der Waals surface area contributed by atoms with Crippen LogP contribution in [0, 0.1) is 18.3 Å². The van der Waals surface area contributed by atoms with Gasteiger partial charge in [0.1, 0.15) is 11.8 Å². The predicted octanol–water partition coefficient (Wildman–Crippen LogP) is 6.00. The van der Waals surface area contributed by atoms with Crippen LogP contribution in [-0.2, 0) is 0 Å². The van der Waals surface area contributed by atoms with Crippen LogP contribution in [0.1, 0.15) is 15.9 Å². The molecule has 0 aliphatic carbocycles. The van der Waals surface area contributed by atoms with Crippen molar-refractivity contribution in [3.8, 4) is 6.07 Å². The maximum Gasteiger partial charge on any atom is 0.256 e. The fourth-order valence-electron chi connectivity index (χ4n) is 2.33. The van der Waals surface area contributed by atoms with Gasteiger partial charge >= 0.3 is 0 Å². The van der Waals surface area contributed by atoms with Gasteiger partial charge in [0.2, 0.25) is 0 Å². The van der Waals surface area contributed by atoms with Gasteiger partial charge in [-0.05, 0) is 43.3 Å². The molecule has 3 aromatic rings. The molecule has 138 valence electrons. The Hall–Kier alpha value is -2.94. The molecule has 0 fully saturated rings. The van der Waals surface area contributed by atoms with Gasteiger partial charge in [0.05, 0.1) is 4.24 Å². The first-order valence-corrected chi connectivity index (χ1v) is 10.3. The highest BCUT2D eigenvalue weighted by molar-refractivity contribution is 8.22. The number of aryl methyl sites for hydroxylation is 1. The average molecular weight is 403 g/mol. The van der Waals surface area contributed by atoms with Crippen LogP contribution < -0.4 is 5.32 Å². The Morgan fingerprint density at radius 2 is 1.32 bits per heavy atom. The van der Waals surface area contributed by atoms with Crippen LogP contribution in [0.2, 0.25) is 0 Å². The van der Waals surface area contributed by atoms with Crippen LogP contribution in [0.4, 0.5) is 0 Å². The van der Waals surface area contributed by atoms with Gasteiger partial charge in [0.25, 0.3) is 5.91 Å². The molecule has 0 saturated carbocycles. The number of nitrogens with zero attached hydrogens (tertiary/aromatic N) is 1. The van der Waals surface area contributed by atoms with Crippen LogP contribution in [0.3, 0.4) is 0 Å². The number of hydrogen-bond acceptors (Lipinski definition) is 4. The molecule has 3 rings (SSSR count). The Bertz CT molecular complexity index is 964. The smallest absolute Gasteiger partial charge is 0.256 e. The van der Waals surface area contributed by atoms with E-state index in [0.717, 1.165) is 19.6 Å². The van der Waals surface area contributed by atoms with Crippen molar-refractivity contribution in [3.63, 3.8) is 0 Å². The minimum Gasteiger partial charge on any atom is -0.312 e. The fraction of sp³-hybridized carbons (Fsp3) is 0.0435. The van der Waals surface area contributed by atoms with E-state index < -0.39 is 0 Å². The van der Waals surface area contributed by atoms with Crippen molar-refractivity contribution in [1.82, 2.24) is 5.32 Å². The zero-order valence-corrected chi connectivity index (χ0v) is 16.9. The lowest BCUT2D eigenvalue weighted by Crippen LogP contribution is -2.22. The Labute approximate surface area is 173 Å². The molecule has 1 amide bonds. The number of thioether (sulfide) groups is 2. The van der Waals surface area contributed by atoms with Gasteiger partial charge in [0, 0.05) is 15.4 Å². The topological polar surface area (TPSA) is 52.9 Å². The molecule has 0 aliphatic heterocycles. The number of carbonyl (C=O) groups excluding carboxylic acids is 1. The van der Waals surface area contributed by atoms with Crippen molar-refractivity contribution in [2.75, 3.05) is 0 Å². The van der Waals surface area contributed by atoms with Crippen molar-refractivity contribution in [2.45, 2.75) is 16.7 Å². The molecule has 5 heteroatoms. The second-order valence-electron chi connectivity index (χ2n) is 5.92. The number of allylic oxidation sites excluding steroid dienone is 1. The monoisotopic (exact) mass is 402 g/mol. The highest BCUT2D eigenvalue weighted by Gasteiger charge is 2.15. The summed E-state index contributed by atoms with van der Waals surface area (Å²) in [5.74, 6) is -0.295. The number of rotatable bonds is 6. The Kier molecular flexibility index (Phi) is 6.96. The van der Waals surface area contributed by atoms with Crippen LogP contribution in [0.5, 0.6) is 0 Å². The SMILES string of the molecule is Cc1ccc(C(=O)NC(C#N)=C(Sc2ccccc2)Sc2ccccc2)cc1. The first-order valence-electron chi connectivity index (χ1n) is 8.64. The van der Waals surface area contributed by atoms with E-state index in [1.54, 1.807) is 12.1 Å². The molecule has 0 radical (unpaired) electrons. The van der Waals surface area contributed by atoms with Crippen molar-refractivity contribution in [2.24, 2.45) is 0 Å². The normalized spacial score (nSPS) is 10.0. The molecule has 0 aromatic heterocycles. The third-order valence-corrected chi connectivity index (χ3v) is 6.07. The lowest BCUT2D eigenvalue weighted by atomic mass is 10.1. The number of amides is 1. The quantitative estimate of drug-likeness (QED) is 0.406. The van der Waals surface area contributed by atoms with Crippen molar-refractivity contribution < 1.29 is 4.79 Å². The zero-order chi connectivity index (χ0) is 19.8. The number of carbonyl (C=O) groups is 1. The van der Waals surface area contributed by atoms with Crippen molar-refractivity contribution in [3.05, 3.63) is 106 Å². The van der Waals surface area contributed by atoms with Crippen LogP contribution in [0.15, 0.2) is 105 Å². The molecule has 0 unspecified atom stereocenters. The molecule has 0 saturated heterocycles. The van der Waals surface area contributed by atoms with E-state index in [-0.39, 0.29) is 11.6 Å². The maximum absolute atomic E-state index is 12.6. The van der Waals surface area contributed by atoms with Gasteiger partial charge in [-0.15, -0.1) is 0 Å². The summed E-state index contributed by atoms with van der Waals surface area (Å²) < 4.78 is 0.723. The van der Waals surface area contributed by atoms with Gasteiger partial charge in [-0.1, -0.05) is 77.6 Å². The van der Waals surface area contributed by atoms with Gasteiger partial charge in [-0.25, -0.2) is 0 Å². The van der Waals surface area contributed by atoms with Crippen LogP contribution >= 0.6 is 23.5 Å². The second kappa shape index (κ2) is 9.84. The molecule has 0 spiro atoms. The van der Waals surface area contributed by atoms with Crippen LogP contribution in [0.25, 0.3) is 0 Å². The lowest BCUT2D eigenvalue weighted by Gasteiger charge is -2.11. The Balaban J connectivity index is 1.91. The highest BCUT2D eigenvalue weighted by atomic mass is 32.2. The summed E-state index contributed by atoms with van der Waals surface area (Å²) >= 11 is 2.92. The van der Waals surface area contributed by atoms with E-state index in [4.69, 9.17) is 0 Å². The van der Waals surface area contributed by atoms with E-state index in [1.807, 2.05) is 79.7 Å². The molecular weight excluding hydrogens is 384 g/mol. The summed E-state index contributed by atoms with van der Waals surface area (Å²) in [5.41, 5.74) is 1.84. The summed E-state index contributed by atoms with van der Waals surface area (Å²) in [6.45, 7) is 1.97. The average Bonchev–Trinajstić information content (AvgIpc) is 2.73. The molecule has 3 aromatic carbocycles. The minimum atomic E-state index is -0.295. The van der Waals surface area contributed by atoms with E-state index in [1.165, 1.54) is 23.5 Å². The molecule has 28 heavy (non-hydrogen) atoms. The van der Waals surface area contributed by atoms with E-state index in [0.29, 0.717) is 5.56 Å². The molecule has 0 heterocycles. The van der Waals surface area contributed by atoms with Gasteiger partial charge in [-0.2, -0.15) is 5.26 Å². The predicted molar refractivity (Wildman–Crippen MR) is 116 cm³/mol. The molecule has 1 N–H and O–H groups in total. The number of nitrogens with one attached hydrogen (secondary N) is 1. The van der Waals surface area contributed by atoms with Gasteiger partial charge in [-0.3, -0.25) is 4.79 Å². The standard InChI is InChI=1S/C23H18N2OS2/c1-17-12-14-18(15-13-17)22(26)25-21(16-24)23(27-19-8-4-2-5-9-19)28-20-10-6-3-7-11-20/h2-15H,1H3,(H,25,26). The van der Waals surface area contributed by atoms with E-state index in [9.17, 15) is 10.1 Å². The van der Waals surface area contributed by atoms with Gasteiger partial charge < -0.3 is 5.32 Å². The van der Waals surface area contributed by atoms with Crippen molar-refractivity contribution >= 4 is 29.4 Å². The molecule has 0 atom stereocenters.